The highest BCUT2D eigenvalue weighted by molar-refractivity contribution is 5.88. The quantitative estimate of drug-likeness (QED) is 0.896. The number of fused-ring (bicyclic) bond motifs is 1. The van der Waals surface area contributed by atoms with Crippen LogP contribution in [0.25, 0.3) is 10.8 Å². The number of carbonyl (C=O) groups excluding carboxylic acids is 1. The van der Waals surface area contributed by atoms with E-state index in [0.717, 1.165) is 16.5 Å². The largest absolute Gasteiger partial charge is 0.483 e. The Morgan fingerprint density at radius 3 is 2.67 bits per heavy atom. The van der Waals surface area contributed by atoms with E-state index >= 15 is 0 Å². The normalized spacial score (nSPS) is 10.6. The lowest BCUT2D eigenvalue weighted by molar-refractivity contribution is -0.123. The summed E-state index contributed by atoms with van der Waals surface area (Å²) in [5.41, 5.74) is 0. The molecular formula is C15H17NO2. The smallest absolute Gasteiger partial charge is 0.258 e. The van der Waals surface area contributed by atoms with Crippen molar-refractivity contribution in [2.45, 2.75) is 19.9 Å². The third-order valence-electron chi connectivity index (χ3n) is 2.56. The number of nitrogens with one attached hydrogen (secondary N) is 1. The molecule has 2 aromatic carbocycles. The zero-order valence-electron chi connectivity index (χ0n) is 10.6. The molecule has 0 saturated heterocycles. The number of ether oxygens (including phenoxy) is 1. The van der Waals surface area contributed by atoms with Crippen LogP contribution >= 0.6 is 0 Å². The Kier molecular flexibility index (Phi) is 3.82. The number of carbonyl (C=O) groups is 1. The van der Waals surface area contributed by atoms with Gasteiger partial charge in [-0.05, 0) is 25.3 Å². The first-order valence-electron chi connectivity index (χ1n) is 6.07. The van der Waals surface area contributed by atoms with Gasteiger partial charge in [-0.1, -0.05) is 36.4 Å². The average Bonchev–Trinajstić information content (AvgIpc) is 2.35. The standard InChI is InChI=1S/C15H17NO2/c1-11(2)16-15(17)10-18-14-9-5-7-12-6-3-4-8-13(12)14/h3-9,11H,10H2,1-2H3,(H,16,17). The van der Waals surface area contributed by atoms with Gasteiger partial charge in [0.15, 0.2) is 6.61 Å². The van der Waals surface area contributed by atoms with Crippen LogP contribution in [-0.2, 0) is 4.79 Å². The minimum atomic E-state index is -0.0991. The van der Waals surface area contributed by atoms with Gasteiger partial charge in [0.25, 0.3) is 5.91 Å². The maximum absolute atomic E-state index is 11.5. The molecule has 2 rings (SSSR count). The molecule has 0 unspecified atom stereocenters. The lowest BCUT2D eigenvalue weighted by Crippen LogP contribution is -2.34. The van der Waals surface area contributed by atoms with Crippen molar-refractivity contribution in [2.75, 3.05) is 6.61 Å². The zero-order chi connectivity index (χ0) is 13.0. The van der Waals surface area contributed by atoms with Gasteiger partial charge in [-0.3, -0.25) is 4.79 Å². The summed E-state index contributed by atoms with van der Waals surface area (Å²) >= 11 is 0. The molecular weight excluding hydrogens is 226 g/mol. The van der Waals surface area contributed by atoms with Gasteiger partial charge >= 0.3 is 0 Å². The number of amides is 1. The Morgan fingerprint density at radius 2 is 1.89 bits per heavy atom. The molecule has 0 saturated carbocycles. The fourth-order valence-electron chi connectivity index (χ4n) is 1.83. The minimum Gasteiger partial charge on any atom is -0.483 e. The van der Waals surface area contributed by atoms with Gasteiger partial charge in [-0.25, -0.2) is 0 Å². The van der Waals surface area contributed by atoms with E-state index in [-0.39, 0.29) is 18.6 Å². The molecule has 3 nitrogen and oxygen atoms in total. The van der Waals surface area contributed by atoms with Crippen LogP contribution in [-0.4, -0.2) is 18.6 Å². The van der Waals surface area contributed by atoms with Gasteiger partial charge in [-0.2, -0.15) is 0 Å². The Hall–Kier alpha value is -2.03. The highest BCUT2D eigenvalue weighted by Crippen LogP contribution is 2.24. The van der Waals surface area contributed by atoms with E-state index in [1.807, 2.05) is 56.3 Å². The molecule has 0 fully saturated rings. The first-order valence-corrected chi connectivity index (χ1v) is 6.07. The van der Waals surface area contributed by atoms with Crippen molar-refractivity contribution in [3.8, 4) is 5.75 Å². The van der Waals surface area contributed by atoms with Crippen molar-refractivity contribution in [2.24, 2.45) is 0 Å². The summed E-state index contributed by atoms with van der Waals surface area (Å²) in [5, 5.41) is 4.93. The maximum atomic E-state index is 11.5. The van der Waals surface area contributed by atoms with Gasteiger partial charge < -0.3 is 10.1 Å². The summed E-state index contributed by atoms with van der Waals surface area (Å²) in [6, 6.07) is 13.9. The molecule has 0 aliphatic rings. The van der Waals surface area contributed by atoms with Gasteiger partial charge in [0, 0.05) is 11.4 Å². The second-order valence-electron chi connectivity index (χ2n) is 4.49. The summed E-state index contributed by atoms with van der Waals surface area (Å²) < 4.78 is 5.57. The van der Waals surface area contributed by atoms with Gasteiger partial charge in [0.1, 0.15) is 5.75 Å². The summed E-state index contributed by atoms with van der Waals surface area (Å²) in [5.74, 6) is 0.643. The van der Waals surface area contributed by atoms with Crippen molar-refractivity contribution in [3.63, 3.8) is 0 Å². The van der Waals surface area contributed by atoms with Crippen LogP contribution < -0.4 is 10.1 Å². The van der Waals surface area contributed by atoms with Crippen LogP contribution in [0.1, 0.15) is 13.8 Å². The van der Waals surface area contributed by atoms with Crippen LogP contribution in [0.15, 0.2) is 42.5 Å². The van der Waals surface area contributed by atoms with E-state index < -0.39 is 0 Å². The predicted octanol–water partition coefficient (Wildman–Crippen LogP) is 2.74. The average molecular weight is 243 g/mol. The summed E-state index contributed by atoms with van der Waals surface area (Å²) in [7, 11) is 0. The lowest BCUT2D eigenvalue weighted by atomic mass is 10.1. The highest BCUT2D eigenvalue weighted by atomic mass is 16.5. The summed E-state index contributed by atoms with van der Waals surface area (Å²) in [6.45, 7) is 3.90. The first-order chi connectivity index (χ1) is 8.66. The topological polar surface area (TPSA) is 38.3 Å². The molecule has 0 heterocycles. The molecule has 0 aliphatic heterocycles. The number of rotatable bonds is 4. The molecule has 0 radical (unpaired) electrons. The molecule has 1 amide bonds. The lowest BCUT2D eigenvalue weighted by Gasteiger charge is -2.11. The number of hydrogen-bond acceptors (Lipinski definition) is 2. The molecule has 18 heavy (non-hydrogen) atoms. The van der Waals surface area contributed by atoms with E-state index in [9.17, 15) is 4.79 Å². The Bertz CT molecular complexity index is 544. The molecule has 94 valence electrons. The van der Waals surface area contributed by atoms with Crippen LogP contribution in [0.3, 0.4) is 0 Å². The maximum Gasteiger partial charge on any atom is 0.258 e. The molecule has 0 bridgehead atoms. The van der Waals surface area contributed by atoms with Crippen LogP contribution in [0, 0.1) is 0 Å². The molecule has 0 aliphatic carbocycles. The van der Waals surface area contributed by atoms with Crippen molar-refractivity contribution in [1.82, 2.24) is 5.32 Å². The number of benzene rings is 2. The van der Waals surface area contributed by atoms with Crippen molar-refractivity contribution >= 4 is 16.7 Å². The first kappa shape index (κ1) is 12.4. The summed E-state index contributed by atoms with van der Waals surface area (Å²) in [4.78, 5) is 11.5. The molecule has 0 atom stereocenters. The second-order valence-corrected chi connectivity index (χ2v) is 4.49. The minimum absolute atomic E-state index is 0.0478. The monoisotopic (exact) mass is 243 g/mol. The van der Waals surface area contributed by atoms with Crippen molar-refractivity contribution in [3.05, 3.63) is 42.5 Å². The Balaban J connectivity index is 2.10. The van der Waals surface area contributed by atoms with E-state index in [1.165, 1.54) is 0 Å². The van der Waals surface area contributed by atoms with Gasteiger partial charge in [0.05, 0.1) is 0 Å². The second kappa shape index (κ2) is 5.54. The van der Waals surface area contributed by atoms with Crippen LogP contribution in [0.5, 0.6) is 5.75 Å². The summed E-state index contributed by atoms with van der Waals surface area (Å²) in [6.07, 6.45) is 0. The number of hydrogen-bond donors (Lipinski definition) is 1. The molecule has 2 aromatic rings. The van der Waals surface area contributed by atoms with Crippen molar-refractivity contribution < 1.29 is 9.53 Å². The molecule has 0 spiro atoms. The van der Waals surface area contributed by atoms with E-state index in [2.05, 4.69) is 5.32 Å². The van der Waals surface area contributed by atoms with Gasteiger partial charge in [0.2, 0.25) is 0 Å². The van der Waals surface area contributed by atoms with E-state index in [4.69, 9.17) is 4.74 Å². The SMILES string of the molecule is CC(C)NC(=O)COc1cccc2ccccc12. The Labute approximate surface area is 107 Å². The third kappa shape index (κ3) is 3.00. The van der Waals surface area contributed by atoms with Crippen LogP contribution in [0.2, 0.25) is 0 Å². The molecule has 1 N–H and O–H groups in total. The fraction of sp³-hybridized carbons (Fsp3) is 0.267. The van der Waals surface area contributed by atoms with Gasteiger partial charge in [-0.15, -0.1) is 0 Å². The van der Waals surface area contributed by atoms with E-state index in [0.29, 0.717) is 0 Å². The zero-order valence-corrected chi connectivity index (χ0v) is 10.6. The molecule has 3 heteroatoms. The fourth-order valence-corrected chi connectivity index (χ4v) is 1.83. The van der Waals surface area contributed by atoms with Crippen LogP contribution in [0.4, 0.5) is 0 Å². The molecule has 0 aromatic heterocycles. The highest BCUT2D eigenvalue weighted by Gasteiger charge is 2.06. The van der Waals surface area contributed by atoms with Crippen molar-refractivity contribution in [1.29, 1.82) is 0 Å². The Morgan fingerprint density at radius 1 is 1.17 bits per heavy atom. The van der Waals surface area contributed by atoms with E-state index in [1.54, 1.807) is 0 Å². The third-order valence-corrected chi connectivity index (χ3v) is 2.56. The predicted molar refractivity (Wildman–Crippen MR) is 72.7 cm³/mol.